The van der Waals surface area contributed by atoms with Gasteiger partial charge in [0.1, 0.15) is 5.82 Å². The van der Waals surface area contributed by atoms with Gasteiger partial charge in [0.25, 0.3) is 5.91 Å². The highest BCUT2D eigenvalue weighted by atomic mass is 16.5. The molecule has 0 spiro atoms. The lowest BCUT2D eigenvalue weighted by Gasteiger charge is -2.19. The van der Waals surface area contributed by atoms with E-state index in [1.54, 1.807) is 49.5 Å². The zero-order valence-electron chi connectivity index (χ0n) is 16.1. The molecule has 1 N–H and O–H groups in total. The second-order valence-electron chi connectivity index (χ2n) is 6.65. The lowest BCUT2D eigenvalue weighted by atomic mass is 10.1. The number of fused-ring (bicyclic) bond motifs is 1. The molecule has 0 saturated carbocycles. The van der Waals surface area contributed by atoms with E-state index in [9.17, 15) is 9.59 Å². The molecule has 1 aliphatic heterocycles. The van der Waals surface area contributed by atoms with Crippen molar-refractivity contribution in [3.8, 4) is 0 Å². The maximum Gasteiger partial charge on any atom is 0.340 e. The molecule has 0 aliphatic carbocycles. The fraction of sp³-hybridized carbons (Fsp3) is 0.174. The number of hydrogen-bond donors (Lipinski definition) is 1. The molecule has 0 fully saturated rings. The number of nitrogens with one attached hydrogen (secondary N) is 1. The summed E-state index contributed by atoms with van der Waals surface area (Å²) in [6, 6.07) is 18.4. The molecular weight excluding hydrogens is 366 g/mol. The summed E-state index contributed by atoms with van der Waals surface area (Å²) in [6.45, 7) is 2.84. The quantitative estimate of drug-likeness (QED) is 0.664. The van der Waals surface area contributed by atoms with Gasteiger partial charge in [-0.15, -0.1) is 0 Å². The molecule has 1 aromatic heterocycles. The predicted octanol–water partition coefficient (Wildman–Crippen LogP) is 4.20. The molecule has 1 aliphatic rings. The largest absolute Gasteiger partial charge is 0.462 e. The predicted molar refractivity (Wildman–Crippen MR) is 112 cm³/mol. The van der Waals surface area contributed by atoms with Crippen LogP contribution in [0.25, 0.3) is 0 Å². The summed E-state index contributed by atoms with van der Waals surface area (Å²) in [7, 11) is 0. The van der Waals surface area contributed by atoms with E-state index in [0.717, 1.165) is 24.5 Å². The number of pyridine rings is 1. The molecule has 29 heavy (non-hydrogen) atoms. The van der Waals surface area contributed by atoms with Crippen molar-refractivity contribution in [3.63, 3.8) is 0 Å². The average Bonchev–Trinajstić information content (AvgIpc) is 3.18. The highest BCUT2D eigenvalue weighted by molar-refractivity contribution is 6.08. The molecule has 0 saturated heterocycles. The third-order valence-electron chi connectivity index (χ3n) is 4.84. The summed E-state index contributed by atoms with van der Waals surface area (Å²) >= 11 is 0. The van der Waals surface area contributed by atoms with Crippen molar-refractivity contribution in [2.24, 2.45) is 0 Å². The van der Waals surface area contributed by atoms with Crippen LogP contribution in [0.15, 0.2) is 66.9 Å². The molecular formula is C23H21N3O3. The van der Waals surface area contributed by atoms with E-state index in [1.165, 1.54) is 5.56 Å². The summed E-state index contributed by atoms with van der Waals surface area (Å²) in [5.74, 6) is -0.0494. The van der Waals surface area contributed by atoms with E-state index < -0.39 is 5.97 Å². The molecule has 0 unspecified atom stereocenters. The van der Waals surface area contributed by atoms with Gasteiger partial charge in [0.2, 0.25) is 0 Å². The Bertz CT molecular complexity index is 1060. The number of hydrogen-bond acceptors (Lipinski definition) is 5. The molecule has 0 atom stereocenters. The van der Waals surface area contributed by atoms with Crippen LogP contribution in [0.2, 0.25) is 0 Å². The van der Waals surface area contributed by atoms with Crippen molar-refractivity contribution >= 4 is 29.1 Å². The monoisotopic (exact) mass is 387 g/mol. The number of carbonyl (C=O) groups excluding carboxylic acids is 2. The molecule has 2 heterocycles. The van der Waals surface area contributed by atoms with E-state index >= 15 is 0 Å². The van der Waals surface area contributed by atoms with Crippen molar-refractivity contribution in [3.05, 3.63) is 83.6 Å². The van der Waals surface area contributed by atoms with Crippen molar-refractivity contribution in [2.75, 3.05) is 23.4 Å². The lowest BCUT2D eigenvalue weighted by molar-refractivity contribution is 0.0527. The number of aromatic nitrogens is 1. The summed E-state index contributed by atoms with van der Waals surface area (Å²) in [5, 5.41) is 2.82. The summed E-state index contributed by atoms with van der Waals surface area (Å²) in [5.41, 5.74) is 3.60. The maximum absolute atomic E-state index is 12.8. The van der Waals surface area contributed by atoms with Gasteiger partial charge in [0, 0.05) is 24.0 Å². The van der Waals surface area contributed by atoms with E-state index in [0.29, 0.717) is 16.8 Å². The van der Waals surface area contributed by atoms with Crippen LogP contribution in [0.4, 0.5) is 17.2 Å². The number of carbonyl (C=O) groups is 2. The maximum atomic E-state index is 12.8. The second-order valence-corrected chi connectivity index (χ2v) is 6.65. The van der Waals surface area contributed by atoms with Gasteiger partial charge < -0.3 is 15.0 Å². The molecule has 2 aromatic carbocycles. The number of anilines is 3. The second kappa shape index (κ2) is 8.14. The third kappa shape index (κ3) is 3.82. The Morgan fingerprint density at radius 3 is 2.76 bits per heavy atom. The first-order chi connectivity index (χ1) is 14.2. The van der Waals surface area contributed by atoms with Gasteiger partial charge in [-0.25, -0.2) is 9.78 Å². The van der Waals surface area contributed by atoms with Crippen LogP contribution in [-0.2, 0) is 11.2 Å². The lowest BCUT2D eigenvalue weighted by Crippen LogP contribution is -2.18. The number of esters is 1. The highest BCUT2D eigenvalue weighted by Crippen LogP contribution is 2.33. The van der Waals surface area contributed by atoms with Crippen LogP contribution >= 0.6 is 0 Å². The summed E-state index contributed by atoms with van der Waals surface area (Å²) < 4.78 is 5.07. The molecule has 146 valence electrons. The Labute approximate surface area is 169 Å². The Balaban J connectivity index is 1.57. The number of nitrogens with zero attached hydrogens (tertiary/aromatic N) is 2. The fourth-order valence-corrected chi connectivity index (χ4v) is 3.46. The normalized spacial score (nSPS) is 12.4. The average molecular weight is 387 g/mol. The van der Waals surface area contributed by atoms with Crippen molar-refractivity contribution < 1.29 is 14.3 Å². The van der Waals surface area contributed by atoms with Gasteiger partial charge in [-0.05, 0) is 49.2 Å². The topological polar surface area (TPSA) is 71.5 Å². The van der Waals surface area contributed by atoms with Crippen LogP contribution in [-0.4, -0.2) is 30.0 Å². The van der Waals surface area contributed by atoms with Gasteiger partial charge >= 0.3 is 5.97 Å². The van der Waals surface area contributed by atoms with Crippen LogP contribution < -0.4 is 10.2 Å². The van der Waals surface area contributed by atoms with E-state index in [-0.39, 0.29) is 12.5 Å². The third-order valence-corrected chi connectivity index (χ3v) is 4.84. The smallest absolute Gasteiger partial charge is 0.340 e. The Kier molecular flexibility index (Phi) is 5.24. The van der Waals surface area contributed by atoms with Gasteiger partial charge in [-0.3, -0.25) is 4.79 Å². The van der Waals surface area contributed by atoms with Crippen LogP contribution in [0.5, 0.6) is 0 Å². The summed E-state index contributed by atoms with van der Waals surface area (Å²) in [6.07, 6.45) is 2.57. The minimum Gasteiger partial charge on any atom is -0.462 e. The molecule has 0 radical (unpaired) electrons. The Hall–Kier alpha value is -3.67. The zero-order valence-corrected chi connectivity index (χ0v) is 16.1. The number of rotatable bonds is 5. The summed E-state index contributed by atoms with van der Waals surface area (Å²) in [4.78, 5) is 31.5. The van der Waals surface area contributed by atoms with Crippen molar-refractivity contribution in [1.82, 2.24) is 4.98 Å². The number of benzene rings is 2. The van der Waals surface area contributed by atoms with Crippen LogP contribution in [0, 0.1) is 0 Å². The van der Waals surface area contributed by atoms with E-state index in [2.05, 4.69) is 27.3 Å². The van der Waals surface area contributed by atoms with Crippen LogP contribution in [0.3, 0.4) is 0 Å². The number of amides is 1. The molecule has 3 aromatic rings. The van der Waals surface area contributed by atoms with E-state index in [4.69, 9.17) is 4.74 Å². The van der Waals surface area contributed by atoms with Gasteiger partial charge in [-0.2, -0.15) is 0 Å². The molecule has 0 bridgehead atoms. The first kappa shape index (κ1) is 18.7. The SMILES string of the molecule is CCOC(=O)c1ccccc1NC(=O)c1ccnc(N2CCc3ccccc32)c1. The molecule has 6 heteroatoms. The first-order valence-corrected chi connectivity index (χ1v) is 9.56. The molecule has 1 amide bonds. The fourth-order valence-electron chi connectivity index (χ4n) is 3.46. The minimum absolute atomic E-state index is 0.270. The Morgan fingerprint density at radius 2 is 1.90 bits per heavy atom. The standard InChI is InChI=1S/C23H21N3O3/c1-2-29-23(28)18-8-4-5-9-19(18)25-22(27)17-11-13-24-21(15-17)26-14-12-16-7-3-6-10-20(16)26/h3-11,13,15H,2,12,14H2,1H3,(H,25,27). The van der Waals surface area contributed by atoms with Gasteiger partial charge in [0.15, 0.2) is 0 Å². The van der Waals surface area contributed by atoms with Crippen molar-refractivity contribution in [2.45, 2.75) is 13.3 Å². The Morgan fingerprint density at radius 1 is 1.10 bits per heavy atom. The molecule has 4 rings (SSSR count). The first-order valence-electron chi connectivity index (χ1n) is 9.56. The molecule has 6 nitrogen and oxygen atoms in total. The number of para-hydroxylation sites is 2. The van der Waals surface area contributed by atoms with Gasteiger partial charge in [-0.1, -0.05) is 30.3 Å². The minimum atomic E-state index is -0.465. The highest BCUT2D eigenvalue weighted by Gasteiger charge is 2.22. The van der Waals surface area contributed by atoms with Gasteiger partial charge in [0.05, 0.1) is 17.9 Å². The van der Waals surface area contributed by atoms with E-state index in [1.807, 2.05) is 12.1 Å². The van der Waals surface area contributed by atoms with Crippen LogP contribution in [0.1, 0.15) is 33.2 Å². The zero-order chi connectivity index (χ0) is 20.2. The number of ether oxygens (including phenoxy) is 1. The van der Waals surface area contributed by atoms with Crippen molar-refractivity contribution in [1.29, 1.82) is 0 Å².